The van der Waals surface area contributed by atoms with E-state index in [1.807, 2.05) is 4.90 Å². The molecule has 1 fully saturated rings. The van der Waals surface area contributed by atoms with Crippen LogP contribution in [0.15, 0.2) is 0 Å². The normalized spacial score (nSPS) is 16.1. The van der Waals surface area contributed by atoms with E-state index in [2.05, 4.69) is 5.32 Å². The number of hydrogen-bond donors (Lipinski definition) is 2. The van der Waals surface area contributed by atoms with Gasteiger partial charge >= 0.3 is 12.0 Å². The van der Waals surface area contributed by atoms with Gasteiger partial charge in [0.05, 0.1) is 6.54 Å². The highest BCUT2D eigenvalue weighted by molar-refractivity contribution is 5.74. The van der Waals surface area contributed by atoms with E-state index in [9.17, 15) is 9.59 Å². The Labute approximate surface area is 119 Å². The summed E-state index contributed by atoms with van der Waals surface area (Å²) in [6.07, 6.45) is 3.01. The standard InChI is InChI=1S/C13H25N3O4/c1-20-10-4-2-3-5-14-13(19)16-8-6-15(7-9-16)11-12(17)18/h2-11H2,1H3,(H,14,19)(H,17,18). The van der Waals surface area contributed by atoms with Crippen molar-refractivity contribution in [2.45, 2.75) is 19.3 Å². The molecule has 0 aliphatic carbocycles. The third-order valence-corrected chi connectivity index (χ3v) is 3.32. The van der Waals surface area contributed by atoms with Gasteiger partial charge in [-0.05, 0) is 19.3 Å². The monoisotopic (exact) mass is 287 g/mol. The molecule has 1 aliphatic rings. The summed E-state index contributed by atoms with van der Waals surface area (Å²) in [7, 11) is 1.69. The Kier molecular flexibility index (Phi) is 7.98. The number of nitrogens with zero attached hydrogens (tertiary/aromatic N) is 2. The van der Waals surface area contributed by atoms with E-state index in [0.717, 1.165) is 25.9 Å². The Hall–Kier alpha value is -1.34. The Bertz CT molecular complexity index is 304. The highest BCUT2D eigenvalue weighted by Gasteiger charge is 2.21. The first-order valence-corrected chi connectivity index (χ1v) is 7.09. The number of carboxylic acids is 1. The van der Waals surface area contributed by atoms with Gasteiger partial charge in [0, 0.05) is 46.4 Å². The molecule has 0 aromatic rings. The number of urea groups is 1. The molecular formula is C13H25N3O4. The van der Waals surface area contributed by atoms with Crippen molar-refractivity contribution >= 4 is 12.0 Å². The number of unbranched alkanes of at least 4 members (excludes halogenated alkanes) is 2. The summed E-state index contributed by atoms with van der Waals surface area (Å²) in [5, 5.41) is 11.6. The second-order valence-corrected chi connectivity index (χ2v) is 4.94. The molecule has 0 atom stereocenters. The summed E-state index contributed by atoms with van der Waals surface area (Å²) in [5.41, 5.74) is 0. The SMILES string of the molecule is COCCCCCNC(=O)N1CCN(CC(=O)O)CC1. The molecule has 0 aromatic heterocycles. The highest BCUT2D eigenvalue weighted by atomic mass is 16.5. The molecule has 20 heavy (non-hydrogen) atoms. The molecule has 7 heteroatoms. The minimum absolute atomic E-state index is 0.0493. The van der Waals surface area contributed by atoms with Crippen molar-refractivity contribution in [2.24, 2.45) is 0 Å². The molecule has 1 saturated heterocycles. The Morgan fingerprint density at radius 2 is 1.85 bits per heavy atom. The molecule has 1 rings (SSSR count). The summed E-state index contributed by atoms with van der Waals surface area (Å²) in [6, 6.07) is -0.0493. The molecule has 2 N–H and O–H groups in total. The smallest absolute Gasteiger partial charge is 0.317 e. The molecule has 7 nitrogen and oxygen atoms in total. The predicted molar refractivity (Wildman–Crippen MR) is 74.8 cm³/mol. The van der Waals surface area contributed by atoms with Crippen LogP contribution in [0.1, 0.15) is 19.3 Å². The second kappa shape index (κ2) is 9.55. The van der Waals surface area contributed by atoms with Gasteiger partial charge in [-0.2, -0.15) is 0 Å². The van der Waals surface area contributed by atoms with Crippen molar-refractivity contribution < 1.29 is 19.4 Å². The first-order chi connectivity index (χ1) is 9.63. The van der Waals surface area contributed by atoms with Gasteiger partial charge in [-0.25, -0.2) is 4.79 Å². The van der Waals surface area contributed by atoms with Crippen LogP contribution in [0.4, 0.5) is 4.79 Å². The number of carboxylic acid groups (broad SMARTS) is 1. The van der Waals surface area contributed by atoms with E-state index in [0.29, 0.717) is 32.7 Å². The quantitative estimate of drug-likeness (QED) is 0.624. The van der Waals surface area contributed by atoms with Gasteiger partial charge < -0.3 is 20.1 Å². The predicted octanol–water partition coefficient (Wildman–Crippen LogP) is 0.215. The molecule has 1 aliphatic heterocycles. The maximum absolute atomic E-state index is 11.9. The molecule has 0 aromatic carbocycles. The first kappa shape index (κ1) is 16.7. The lowest BCUT2D eigenvalue weighted by molar-refractivity contribution is -0.138. The number of rotatable bonds is 8. The lowest BCUT2D eigenvalue weighted by Crippen LogP contribution is -2.52. The lowest BCUT2D eigenvalue weighted by atomic mass is 10.2. The van der Waals surface area contributed by atoms with Crippen LogP contribution >= 0.6 is 0 Å². The molecule has 0 spiro atoms. The van der Waals surface area contributed by atoms with E-state index in [4.69, 9.17) is 9.84 Å². The number of piperazine rings is 1. The second-order valence-electron chi connectivity index (χ2n) is 4.94. The van der Waals surface area contributed by atoms with Crippen LogP contribution in [-0.4, -0.2) is 79.9 Å². The minimum atomic E-state index is -0.820. The van der Waals surface area contributed by atoms with E-state index >= 15 is 0 Å². The van der Waals surface area contributed by atoms with E-state index in [1.165, 1.54) is 0 Å². The Morgan fingerprint density at radius 1 is 1.15 bits per heavy atom. The zero-order valence-corrected chi connectivity index (χ0v) is 12.1. The average molecular weight is 287 g/mol. The van der Waals surface area contributed by atoms with Crippen molar-refractivity contribution in [1.82, 2.24) is 15.1 Å². The van der Waals surface area contributed by atoms with E-state index < -0.39 is 5.97 Å². The van der Waals surface area contributed by atoms with Gasteiger partial charge in [0.15, 0.2) is 0 Å². The summed E-state index contributed by atoms with van der Waals surface area (Å²) in [4.78, 5) is 26.0. The topological polar surface area (TPSA) is 82.1 Å². The lowest BCUT2D eigenvalue weighted by Gasteiger charge is -2.33. The van der Waals surface area contributed by atoms with Crippen LogP contribution in [-0.2, 0) is 9.53 Å². The summed E-state index contributed by atoms with van der Waals surface area (Å²) < 4.78 is 4.96. The minimum Gasteiger partial charge on any atom is -0.480 e. The summed E-state index contributed by atoms with van der Waals surface area (Å²) in [5.74, 6) is -0.820. The van der Waals surface area contributed by atoms with Crippen LogP contribution in [0.3, 0.4) is 0 Å². The number of aliphatic carboxylic acids is 1. The zero-order chi connectivity index (χ0) is 14.8. The largest absolute Gasteiger partial charge is 0.480 e. The summed E-state index contributed by atoms with van der Waals surface area (Å²) in [6.45, 7) is 3.90. The average Bonchev–Trinajstić information content (AvgIpc) is 2.42. The number of ether oxygens (including phenoxy) is 1. The molecular weight excluding hydrogens is 262 g/mol. The highest BCUT2D eigenvalue weighted by Crippen LogP contribution is 2.02. The molecule has 0 unspecified atom stereocenters. The van der Waals surface area contributed by atoms with Crippen LogP contribution < -0.4 is 5.32 Å². The van der Waals surface area contributed by atoms with Crippen molar-refractivity contribution in [3.63, 3.8) is 0 Å². The van der Waals surface area contributed by atoms with Crippen LogP contribution in [0, 0.1) is 0 Å². The molecule has 0 radical (unpaired) electrons. The van der Waals surface area contributed by atoms with E-state index in [1.54, 1.807) is 12.0 Å². The Balaban J connectivity index is 2.08. The third kappa shape index (κ3) is 6.72. The molecule has 1 heterocycles. The third-order valence-electron chi connectivity index (χ3n) is 3.32. The van der Waals surface area contributed by atoms with Crippen LogP contribution in [0.25, 0.3) is 0 Å². The maximum Gasteiger partial charge on any atom is 0.317 e. The van der Waals surface area contributed by atoms with Gasteiger partial charge in [-0.1, -0.05) is 0 Å². The number of carbonyl (C=O) groups is 2. The number of amides is 2. The van der Waals surface area contributed by atoms with E-state index in [-0.39, 0.29) is 12.6 Å². The number of methoxy groups -OCH3 is 1. The summed E-state index contributed by atoms with van der Waals surface area (Å²) >= 11 is 0. The fraction of sp³-hybridized carbons (Fsp3) is 0.846. The maximum atomic E-state index is 11.9. The Morgan fingerprint density at radius 3 is 2.45 bits per heavy atom. The van der Waals surface area contributed by atoms with Crippen molar-refractivity contribution in [3.05, 3.63) is 0 Å². The van der Waals surface area contributed by atoms with Gasteiger partial charge in [0.2, 0.25) is 0 Å². The van der Waals surface area contributed by atoms with Gasteiger partial charge in [-0.15, -0.1) is 0 Å². The van der Waals surface area contributed by atoms with Crippen molar-refractivity contribution in [2.75, 3.05) is 53.0 Å². The van der Waals surface area contributed by atoms with Crippen LogP contribution in [0.5, 0.6) is 0 Å². The molecule has 116 valence electrons. The number of carbonyl (C=O) groups excluding carboxylic acids is 1. The fourth-order valence-electron chi connectivity index (χ4n) is 2.16. The van der Waals surface area contributed by atoms with Gasteiger partial charge in [0.1, 0.15) is 0 Å². The molecule has 0 bridgehead atoms. The molecule has 0 saturated carbocycles. The first-order valence-electron chi connectivity index (χ1n) is 7.09. The number of nitrogens with one attached hydrogen (secondary N) is 1. The van der Waals surface area contributed by atoms with Crippen molar-refractivity contribution in [3.8, 4) is 0 Å². The zero-order valence-electron chi connectivity index (χ0n) is 12.1. The van der Waals surface area contributed by atoms with Crippen LogP contribution in [0.2, 0.25) is 0 Å². The fourth-order valence-corrected chi connectivity index (χ4v) is 2.16. The number of hydrogen-bond acceptors (Lipinski definition) is 4. The van der Waals surface area contributed by atoms with Gasteiger partial charge in [0.25, 0.3) is 0 Å². The molecule has 2 amide bonds. The van der Waals surface area contributed by atoms with Gasteiger partial charge in [-0.3, -0.25) is 9.69 Å². The van der Waals surface area contributed by atoms with Crippen molar-refractivity contribution in [1.29, 1.82) is 0 Å².